The molecular formula is C22H27N5O7. The average molecular weight is 473 g/mol. The van der Waals surface area contributed by atoms with Crippen LogP contribution in [-0.2, 0) is 22.5 Å². The van der Waals surface area contributed by atoms with E-state index in [-0.39, 0.29) is 36.0 Å². The summed E-state index contributed by atoms with van der Waals surface area (Å²) < 4.78 is 5.40. The van der Waals surface area contributed by atoms with Crippen molar-refractivity contribution in [3.8, 4) is 0 Å². The zero-order valence-electron chi connectivity index (χ0n) is 19.3. The van der Waals surface area contributed by atoms with E-state index in [1.54, 1.807) is 30.6 Å². The predicted octanol–water partition coefficient (Wildman–Crippen LogP) is 1.66. The highest BCUT2D eigenvalue weighted by molar-refractivity contribution is 5.85. The summed E-state index contributed by atoms with van der Waals surface area (Å²) in [5.74, 6) is -0.384. The monoisotopic (exact) mass is 473 g/mol. The Morgan fingerprint density at radius 1 is 1.06 bits per heavy atom. The van der Waals surface area contributed by atoms with Gasteiger partial charge in [-0.3, -0.25) is 24.5 Å². The number of hydrogen-bond acceptors (Lipinski definition) is 7. The van der Waals surface area contributed by atoms with Crippen LogP contribution in [0.4, 0.5) is 10.5 Å². The molecule has 0 bridgehead atoms. The van der Waals surface area contributed by atoms with E-state index >= 15 is 0 Å². The van der Waals surface area contributed by atoms with Gasteiger partial charge in [0.05, 0.1) is 16.0 Å². The van der Waals surface area contributed by atoms with E-state index in [1.165, 1.54) is 6.07 Å². The number of aromatic amines is 2. The zero-order valence-corrected chi connectivity index (χ0v) is 19.3. The lowest BCUT2D eigenvalue weighted by Crippen LogP contribution is -2.46. The van der Waals surface area contributed by atoms with E-state index in [0.29, 0.717) is 49.1 Å². The van der Waals surface area contributed by atoms with Crippen molar-refractivity contribution in [2.75, 3.05) is 19.6 Å². The number of amides is 2. The standard InChI is InChI=1S/C22H27N5O7/c1-22(2,3)34-21(31)25-7-4-12(5-8-25)20(30)26-9-6-13-14(11-26)17-15(10-16(13)27(32)33)23-18(28)19(29)24-17/h10,12H,4-9,11H2,1-3H3,(H,23,28)(H,24,29). The van der Waals surface area contributed by atoms with Crippen LogP contribution in [0.2, 0.25) is 0 Å². The van der Waals surface area contributed by atoms with Crippen LogP contribution in [0.1, 0.15) is 44.7 Å². The quantitative estimate of drug-likeness (QED) is 0.381. The van der Waals surface area contributed by atoms with Crippen molar-refractivity contribution >= 4 is 28.7 Å². The number of aromatic nitrogens is 2. The number of H-pyrrole nitrogens is 2. The Balaban J connectivity index is 1.54. The molecule has 34 heavy (non-hydrogen) atoms. The molecule has 0 saturated carbocycles. The maximum absolute atomic E-state index is 13.3. The Bertz CT molecular complexity index is 1280. The molecule has 2 aromatic rings. The molecule has 2 aliphatic rings. The van der Waals surface area contributed by atoms with Crippen molar-refractivity contribution in [3.05, 3.63) is 48.0 Å². The largest absolute Gasteiger partial charge is 0.444 e. The van der Waals surface area contributed by atoms with Crippen molar-refractivity contribution in [2.24, 2.45) is 5.92 Å². The first kappa shape index (κ1) is 23.5. The van der Waals surface area contributed by atoms with Gasteiger partial charge in [0.25, 0.3) is 5.69 Å². The number of carbonyl (C=O) groups is 2. The van der Waals surface area contributed by atoms with Crippen LogP contribution in [0.15, 0.2) is 15.7 Å². The van der Waals surface area contributed by atoms with Gasteiger partial charge in [-0.15, -0.1) is 0 Å². The fraction of sp³-hybridized carbons (Fsp3) is 0.545. The van der Waals surface area contributed by atoms with Gasteiger partial charge < -0.3 is 24.5 Å². The van der Waals surface area contributed by atoms with Gasteiger partial charge in [-0.2, -0.15) is 0 Å². The summed E-state index contributed by atoms with van der Waals surface area (Å²) in [6.07, 6.45) is 0.829. The molecule has 0 atom stereocenters. The number of benzene rings is 1. The molecule has 1 aromatic carbocycles. The topological polar surface area (TPSA) is 159 Å². The average Bonchev–Trinajstić information content (AvgIpc) is 2.77. The molecule has 0 aliphatic carbocycles. The molecule has 0 unspecified atom stereocenters. The summed E-state index contributed by atoms with van der Waals surface area (Å²) in [4.78, 5) is 68.4. The van der Waals surface area contributed by atoms with Crippen LogP contribution in [0, 0.1) is 16.0 Å². The minimum atomic E-state index is -0.901. The lowest BCUT2D eigenvalue weighted by Gasteiger charge is -2.36. The highest BCUT2D eigenvalue weighted by Crippen LogP contribution is 2.34. The van der Waals surface area contributed by atoms with E-state index in [1.807, 2.05) is 0 Å². The second-order valence-electron chi connectivity index (χ2n) is 9.69. The third-order valence-electron chi connectivity index (χ3n) is 6.20. The Morgan fingerprint density at radius 2 is 1.71 bits per heavy atom. The van der Waals surface area contributed by atoms with Crippen LogP contribution in [0.3, 0.4) is 0 Å². The number of ether oxygens (including phenoxy) is 1. The lowest BCUT2D eigenvalue weighted by atomic mass is 9.92. The summed E-state index contributed by atoms with van der Waals surface area (Å²) in [6.45, 7) is 6.58. The number of nitrogens with one attached hydrogen (secondary N) is 2. The molecule has 4 rings (SSSR count). The number of piperidine rings is 1. The minimum Gasteiger partial charge on any atom is -0.444 e. The SMILES string of the molecule is CC(C)(C)OC(=O)N1CCC(C(=O)N2CCc3c([N+](=O)[O-])cc4[nH]c(=O)c(=O)[nH]c4c3C2)CC1. The normalized spacial score (nSPS) is 16.9. The van der Waals surface area contributed by atoms with Gasteiger partial charge in [0, 0.05) is 49.3 Å². The predicted molar refractivity (Wildman–Crippen MR) is 121 cm³/mol. The van der Waals surface area contributed by atoms with Crippen molar-refractivity contribution in [3.63, 3.8) is 0 Å². The number of rotatable bonds is 2. The Hall–Kier alpha value is -3.70. The molecule has 1 fully saturated rings. The van der Waals surface area contributed by atoms with Crippen LogP contribution in [0.25, 0.3) is 11.0 Å². The van der Waals surface area contributed by atoms with Crippen molar-refractivity contribution in [2.45, 2.75) is 52.2 Å². The Labute approximate surface area is 194 Å². The third-order valence-corrected chi connectivity index (χ3v) is 6.20. The van der Waals surface area contributed by atoms with E-state index < -0.39 is 27.7 Å². The molecule has 12 nitrogen and oxygen atoms in total. The number of nitro groups is 1. The van der Waals surface area contributed by atoms with E-state index in [0.717, 1.165) is 0 Å². The van der Waals surface area contributed by atoms with Crippen molar-refractivity contribution < 1.29 is 19.2 Å². The Morgan fingerprint density at radius 3 is 2.32 bits per heavy atom. The molecular weight excluding hydrogens is 446 g/mol. The highest BCUT2D eigenvalue weighted by atomic mass is 16.6. The van der Waals surface area contributed by atoms with Gasteiger partial charge >= 0.3 is 17.2 Å². The molecule has 1 aromatic heterocycles. The molecule has 12 heteroatoms. The van der Waals surface area contributed by atoms with Gasteiger partial charge in [-0.1, -0.05) is 0 Å². The Kier molecular flexibility index (Phi) is 5.92. The van der Waals surface area contributed by atoms with Gasteiger partial charge in [-0.05, 0) is 40.0 Å². The van der Waals surface area contributed by atoms with Crippen LogP contribution in [-0.4, -0.2) is 61.9 Å². The first-order chi connectivity index (χ1) is 15.9. The molecule has 2 amide bonds. The van der Waals surface area contributed by atoms with E-state index in [9.17, 15) is 29.3 Å². The van der Waals surface area contributed by atoms with Gasteiger partial charge in [0.15, 0.2) is 0 Å². The zero-order chi connectivity index (χ0) is 24.8. The van der Waals surface area contributed by atoms with E-state index in [2.05, 4.69) is 9.97 Å². The highest BCUT2D eigenvalue weighted by Gasteiger charge is 2.35. The number of nitrogens with zero attached hydrogens (tertiary/aromatic N) is 3. The molecule has 3 heterocycles. The lowest BCUT2D eigenvalue weighted by molar-refractivity contribution is -0.385. The van der Waals surface area contributed by atoms with Crippen molar-refractivity contribution in [1.29, 1.82) is 0 Å². The molecule has 182 valence electrons. The molecule has 0 spiro atoms. The van der Waals surface area contributed by atoms with Crippen LogP contribution in [0.5, 0.6) is 0 Å². The minimum absolute atomic E-state index is 0.0839. The van der Waals surface area contributed by atoms with Gasteiger partial charge in [0.1, 0.15) is 5.60 Å². The summed E-state index contributed by atoms with van der Waals surface area (Å²) >= 11 is 0. The molecule has 1 saturated heterocycles. The summed E-state index contributed by atoms with van der Waals surface area (Å²) in [5.41, 5.74) is -1.15. The first-order valence-electron chi connectivity index (χ1n) is 11.2. The summed E-state index contributed by atoms with van der Waals surface area (Å²) in [7, 11) is 0. The third kappa shape index (κ3) is 4.52. The number of hydrogen-bond donors (Lipinski definition) is 2. The summed E-state index contributed by atoms with van der Waals surface area (Å²) in [5, 5.41) is 11.6. The second-order valence-corrected chi connectivity index (χ2v) is 9.69. The molecule has 2 aliphatic heterocycles. The fourth-order valence-corrected chi connectivity index (χ4v) is 4.57. The van der Waals surface area contributed by atoms with Gasteiger partial charge in [0.2, 0.25) is 5.91 Å². The maximum Gasteiger partial charge on any atom is 0.410 e. The summed E-state index contributed by atoms with van der Waals surface area (Å²) in [6, 6.07) is 1.25. The van der Waals surface area contributed by atoms with Crippen LogP contribution >= 0.6 is 0 Å². The number of fused-ring (bicyclic) bond motifs is 3. The van der Waals surface area contributed by atoms with Crippen molar-refractivity contribution in [1.82, 2.24) is 19.8 Å². The first-order valence-corrected chi connectivity index (χ1v) is 11.2. The smallest absolute Gasteiger partial charge is 0.410 e. The molecule has 0 radical (unpaired) electrons. The van der Waals surface area contributed by atoms with E-state index in [4.69, 9.17) is 4.74 Å². The second kappa shape index (κ2) is 8.58. The number of nitro benzene ring substituents is 1. The number of carbonyl (C=O) groups excluding carboxylic acids is 2. The maximum atomic E-state index is 13.3. The molecule has 2 N–H and O–H groups in total. The van der Waals surface area contributed by atoms with Crippen LogP contribution < -0.4 is 11.1 Å². The fourth-order valence-electron chi connectivity index (χ4n) is 4.57. The number of likely N-dealkylation sites (tertiary alicyclic amines) is 1. The van der Waals surface area contributed by atoms with Gasteiger partial charge in [-0.25, -0.2) is 4.79 Å².